The summed E-state index contributed by atoms with van der Waals surface area (Å²) < 4.78 is 12.2. The summed E-state index contributed by atoms with van der Waals surface area (Å²) in [5.41, 5.74) is 8.93. The molecule has 0 bridgehead atoms. The minimum absolute atomic E-state index is 0.466. The lowest BCUT2D eigenvalue weighted by Crippen LogP contribution is -2.10. The number of hydrogen-bond acceptors (Lipinski definition) is 7. The van der Waals surface area contributed by atoms with Crippen molar-refractivity contribution in [3.8, 4) is 34.0 Å². The van der Waals surface area contributed by atoms with Crippen LogP contribution in [0.4, 0.5) is 17.1 Å². The molecule has 0 saturated carbocycles. The molecule has 0 saturated heterocycles. The summed E-state index contributed by atoms with van der Waals surface area (Å²) in [4.78, 5) is 21.2. The molecular weight excluding hydrogens is 679 g/mol. The van der Waals surface area contributed by atoms with E-state index >= 15 is 0 Å². The Morgan fingerprint density at radius 2 is 0.855 bits per heavy atom. The molecule has 7 heteroatoms. The Bertz CT molecular complexity index is 3110. The first-order chi connectivity index (χ1) is 27.2. The molecule has 0 unspecified atom stereocenters. The lowest BCUT2D eigenvalue weighted by atomic mass is 9.96. The fourth-order valence-corrected chi connectivity index (χ4v) is 7.47. The predicted octanol–water partition coefficient (Wildman–Crippen LogP) is 12.7. The Morgan fingerprint density at radius 1 is 0.364 bits per heavy atom. The van der Waals surface area contributed by atoms with Gasteiger partial charge in [0.15, 0.2) is 0 Å². The van der Waals surface area contributed by atoms with Crippen molar-refractivity contribution in [2.45, 2.75) is 0 Å². The number of benzene rings is 7. The first-order valence-corrected chi connectivity index (χ1v) is 18.1. The van der Waals surface area contributed by atoms with Gasteiger partial charge in [-0.15, -0.1) is 0 Å². The van der Waals surface area contributed by atoms with Gasteiger partial charge in [-0.25, -0.2) is 19.9 Å². The molecule has 0 aliphatic carbocycles. The monoisotopic (exact) mass is 707 g/mol. The second-order valence-corrected chi connectivity index (χ2v) is 13.6. The smallest absolute Gasteiger partial charge is 0.247 e. The van der Waals surface area contributed by atoms with Crippen molar-refractivity contribution in [1.29, 1.82) is 0 Å². The quantitative estimate of drug-likeness (QED) is 0.159. The molecule has 55 heavy (non-hydrogen) atoms. The standard InChI is InChI=1S/C48H29N5O2/c1-3-10-31(11-4-1)45-51-43-26-39(28-49-47(43)54-45)53(40-27-44-48(50-29-40)55-46(52-44)32-12-5-2-6-13-32)38-20-22-42-37(25-38)18-17-36-24-35(19-21-41(36)42)34-16-15-30-9-7-8-14-33(30)23-34/h1-29H. The SMILES string of the molecule is c1ccc(-c2nc3cc(N(c4ccc5c(ccc6cc(-c7ccc8ccccc8c7)ccc65)c4)c4cnc5oc(-c6ccccc6)nc5c4)cnc3o2)cc1. The summed E-state index contributed by atoms with van der Waals surface area (Å²) in [5.74, 6) is 1.04. The van der Waals surface area contributed by atoms with E-state index in [1.54, 1.807) is 0 Å². The summed E-state index contributed by atoms with van der Waals surface area (Å²) in [6, 6.07) is 56.5. The first-order valence-electron chi connectivity index (χ1n) is 18.1. The van der Waals surface area contributed by atoms with Crippen molar-refractivity contribution < 1.29 is 8.83 Å². The maximum atomic E-state index is 6.08. The van der Waals surface area contributed by atoms with Crippen LogP contribution in [-0.4, -0.2) is 19.9 Å². The zero-order valence-corrected chi connectivity index (χ0v) is 29.3. The van der Waals surface area contributed by atoms with E-state index in [1.165, 1.54) is 38.1 Å². The van der Waals surface area contributed by atoms with Gasteiger partial charge in [0.1, 0.15) is 11.0 Å². The van der Waals surface area contributed by atoms with Crippen LogP contribution in [0, 0.1) is 0 Å². The molecule has 258 valence electrons. The highest BCUT2D eigenvalue weighted by Crippen LogP contribution is 2.40. The third kappa shape index (κ3) is 5.45. The number of fused-ring (bicyclic) bond motifs is 6. The zero-order valence-electron chi connectivity index (χ0n) is 29.3. The average Bonchev–Trinajstić information content (AvgIpc) is 3.88. The van der Waals surface area contributed by atoms with Crippen LogP contribution >= 0.6 is 0 Å². The molecule has 0 aliphatic heterocycles. The van der Waals surface area contributed by atoms with Crippen LogP contribution in [0.5, 0.6) is 0 Å². The van der Waals surface area contributed by atoms with Gasteiger partial charge in [0.05, 0.1) is 23.8 Å². The van der Waals surface area contributed by atoms with Crippen LogP contribution in [-0.2, 0) is 0 Å². The molecule has 11 rings (SSSR count). The lowest BCUT2D eigenvalue weighted by Gasteiger charge is -2.25. The molecule has 11 aromatic rings. The first kappa shape index (κ1) is 30.9. The summed E-state index contributed by atoms with van der Waals surface area (Å²) in [6.07, 6.45) is 3.62. The molecule has 4 aromatic heterocycles. The molecule has 0 N–H and O–H groups in total. The van der Waals surface area contributed by atoms with Crippen molar-refractivity contribution >= 4 is 71.8 Å². The van der Waals surface area contributed by atoms with Gasteiger partial charge < -0.3 is 13.7 Å². The highest BCUT2D eigenvalue weighted by Gasteiger charge is 2.20. The number of oxazole rings is 2. The van der Waals surface area contributed by atoms with Crippen LogP contribution in [0.1, 0.15) is 0 Å². The molecule has 0 fully saturated rings. The molecule has 0 amide bonds. The largest absolute Gasteiger partial charge is 0.418 e. The maximum absolute atomic E-state index is 6.08. The Kier molecular flexibility index (Phi) is 7.03. The molecule has 7 nitrogen and oxygen atoms in total. The second kappa shape index (κ2) is 12.5. The van der Waals surface area contributed by atoms with E-state index in [1.807, 2.05) is 85.2 Å². The Balaban J connectivity index is 1.03. The lowest BCUT2D eigenvalue weighted by molar-refractivity contribution is 0.607. The van der Waals surface area contributed by atoms with E-state index in [9.17, 15) is 0 Å². The Hall–Kier alpha value is -7.64. The van der Waals surface area contributed by atoms with Crippen LogP contribution < -0.4 is 4.90 Å². The van der Waals surface area contributed by atoms with Gasteiger partial charge in [-0.2, -0.15) is 0 Å². The zero-order chi connectivity index (χ0) is 36.3. The van der Waals surface area contributed by atoms with Crippen LogP contribution in [0.3, 0.4) is 0 Å². The fourth-order valence-electron chi connectivity index (χ4n) is 7.47. The Morgan fingerprint density at radius 3 is 1.47 bits per heavy atom. The second-order valence-electron chi connectivity index (χ2n) is 13.6. The van der Waals surface area contributed by atoms with Gasteiger partial charge in [-0.1, -0.05) is 103 Å². The van der Waals surface area contributed by atoms with E-state index in [0.29, 0.717) is 34.2 Å². The highest BCUT2D eigenvalue weighted by molar-refractivity contribution is 6.09. The van der Waals surface area contributed by atoms with Crippen LogP contribution in [0.15, 0.2) is 185 Å². The molecule has 4 heterocycles. The van der Waals surface area contributed by atoms with Crippen molar-refractivity contribution in [3.05, 3.63) is 176 Å². The fraction of sp³-hybridized carbons (Fsp3) is 0. The summed E-state index contributed by atoms with van der Waals surface area (Å²) >= 11 is 0. The van der Waals surface area contributed by atoms with Crippen molar-refractivity contribution in [2.75, 3.05) is 4.90 Å². The molecular formula is C48H29N5O2. The number of hydrogen-bond donors (Lipinski definition) is 0. The van der Waals surface area contributed by atoms with E-state index < -0.39 is 0 Å². The topological polar surface area (TPSA) is 81.1 Å². The van der Waals surface area contributed by atoms with Gasteiger partial charge >= 0.3 is 0 Å². The summed E-state index contributed by atoms with van der Waals surface area (Å²) in [5, 5.41) is 7.13. The van der Waals surface area contributed by atoms with Crippen LogP contribution in [0.2, 0.25) is 0 Å². The number of nitrogens with zero attached hydrogens (tertiary/aromatic N) is 5. The van der Waals surface area contributed by atoms with Crippen molar-refractivity contribution in [1.82, 2.24) is 19.9 Å². The number of rotatable bonds is 6. The van der Waals surface area contributed by atoms with Gasteiger partial charge in [0, 0.05) is 16.8 Å². The minimum atomic E-state index is 0.466. The molecule has 0 radical (unpaired) electrons. The molecule has 7 aromatic carbocycles. The van der Waals surface area contributed by atoms with E-state index in [0.717, 1.165) is 33.6 Å². The van der Waals surface area contributed by atoms with E-state index in [4.69, 9.17) is 28.8 Å². The third-order valence-electron chi connectivity index (χ3n) is 10.2. The predicted molar refractivity (Wildman–Crippen MR) is 221 cm³/mol. The number of pyridine rings is 2. The average molecular weight is 708 g/mol. The number of anilines is 3. The molecule has 0 aliphatic rings. The van der Waals surface area contributed by atoms with Gasteiger partial charge in [0.2, 0.25) is 23.2 Å². The van der Waals surface area contributed by atoms with E-state index in [2.05, 4.69) is 95.9 Å². The minimum Gasteiger partial charge on any atom is -0.418 e. The summed E-state index contributed by atoms with van der Waals surface area (Å²) in [7, 11) is 0. The summed E-state index contributed by atoms with van der Waals surface area (Å²) in [6.45, 7) is 0. The normalized spacial score (nSPS) is 11.6. The van der Waals surface area contributed by atoms with Crippen molar-refractivity contribution in [3.63, 3.8) is 0 Å². The van der Waals surface area contributed by atoms with Crippen molar-refractivity contribution in [2.24, 2.45) is 0 Å². The van der Waals surface area contributed by atoms with Crippen LogP contribution in [0.25, 0.3) is 88.8 Å². The highest BCUT2D eigenvalue weighted by atomic mass is 16.4. The van der Waals surface area contributed by atoms with Gasteiger partial charge in [0.25, 0.3) is 0 Å². The van der Waals surface area contributed by atoms with Gasteiger partial charge in [-0.3, -0.25) is 0 Å². The maximum Gasteiger partial charge on any atom is 0.247 e. The Labute approximate surface area is 314 Å². The molecule has 0 atom stereocenters. The third-order valence-corrected chi connectivity index (χ3v) is 10.2. The van der Waals surface area contributed by atoms with Gasteiger partial charge in [-0.05, 0) is 104 Å². The number of aromatic nitrogens is 4. The molecule has 0 spiro atoms. The van der Waals surface area contributed by atoms with E-state index in [-0.39, 0.29) is 0 Å².